The van der Waals surface area contributed by atoms with Crippen LogP contribution < -0.4 is 0 Å². The largest absolute Gasteiger partial charge is 0.100 e. The third-order valence-corrected chi connectivity index (χ3v) is 7.30. The van der Waals surface area contributed by atoms with Gasteiger partial charge in [-0.25, -0.2) is 0 Å². The van der Waals surface area contributed by atoms with Gasteiger partial charge >= 0.3 is 0 Å². The Morgan fingerprint density at radius 3 is 2.00 bits per heavy atom. The van der Waals surface area contributed by atoms with E-state index in [-0.39, 0.29) is 0 Å². The molecule has 3 rings (SSSR count). The number of benzene rings is 1. The van der Waals surface area contributed by atoms with Gasteiger partial charge in [0.2, 0.25) is 0 Å². The molecule has 0 heterocycles. The quantitative estimate of drug-likeness (QED) is 0.435. The second kappa shape index (κ2) is 9.77. The van der Waals surface area contributed by atoms with E-state index in [1.165, 1.54) is 88.2 Å². The van der Waals surface area contributed by atoms with Gasteiger partial charge in [-0.15, -0.1) is 6.58 Å². The number of aryl methyl sites for hydroxylation is 1. The van der Waals surface area contributed by atoms with Crippen LogP contribution in [0.25, 0.3) is 0 Å². The summed E-state index contributed by atoms with van der Waals surface area (Å²) in [5.41, 5.74) is 4.48. The van der Waals surface area contributed by atoms with Crippen molar-refractivity contribution in [2.75, 3.05) is 0 Å². The van der Waals surface area contributed by atoms with Gasteiger partial charge in [0.25, 0.3) is 0 Å². The normalized spacial score (nSPS) is 29.5. The van der Waals surface area contributed by atoms with Gasteiger partial charge in [0.05, 0.1) is 0 Å². The lowest BCUT2D eigenvalue weighted by atomic mass is 9.68. The fourth-order valence-electron chi connectivity index (χ4n) is 5.57. The van der Waals surface area contributed by atoms with E-state index in [1.54, 1.807) is 5.56 Å². The summed E-state index contributed by atoms with van der Waals surface area (Å²) in [6.45, 7) is 8.52. The Bertz CT molecular complexity index is 536. The van der Waals surface area contributed by atoms with E-state index in [0.717, 1.165) is 23.7 Å². The molecular weight excluding hydrogens is 312 g/mol. The Morgan fingerprint density at radius 2 is 1.46 bits per heavy atom. The highest BCUT2D eigenvalue weighted by molar-refractivity contribution is 5.26. The van der Waals surface area contributed by atoms with Gasteiger partial charge in [0.15, 0.2) is 0 Å². The molecule has 0 amide bonds. The molecule has 0 radical (unpaired) electrons. The number of rotatable bonds is 7. The Kier molecular flexibility index (Phi) is 7.41. The zero-order valence-corrected chi connectivity index (χ0v) is 17.3. The molecule has 0 atom stereocenters. The number of hydrogen-bond donors (Lipinski definition) is 0. The van der Waals surface area contributed by atoms with Crippen molar-refractivity contribution < 1.29 is 0 Å². The van der Waals surface area contributed by atoms with E-state index in [0.29, 0.717) is 0 Å². The third-order valence-electron chi connectivity index (χ3n) is 7.30. The highest BCUT2D eigenvalue weighted by atomic mass is 14.4. The van der Waals surface area contributed by atoms with Crippen LogP contribution in [-0.4, -0.2) is 0 Å². The molecule has 2 fully saturated rings. The van der Waals surface area contributed by atoms with Crippen molar-refractivity contribution in [1.82, 2.24) is 0 Å². The maximum atomic E-state index is 4.07. The lowest BCUT2D eigenvalue weighted by molar-refractivity contribution is 0.157. The molecule has 1 aromatic rings. The van der Waals surface area contributed by atoms with Crippen molar-refractivity contribution in [3.05, 3.63) is 47.5 Å². The zero-order valence-electron chi connectivity index (χ0n) is 17.3. The molecule has 0 N–H and O–H groups in total. The first-order chi connectivity index (χ1) is 12.7. The highest BCUT2D eigenvalue weighted by Crippen LogP contribution is 2.44. The van der Waals surface area contributed by atoms with Gasteiger partial charge in [-0.05, 0) is 99.5 Å². The van der Waals surface area contributed by atoms with Gasteiger partial charge in [-0.2, -0.15) is 0 Å². The lowest BCUT2D eigenvalue weighted by Crippen LogP contribution is -2.25. The summed E-state index contributed by atoms with van der Waals surface area (Å²) < 4.78 is 0. The van der Waals surface area contributed by atoms with Gasteiger partial charge in [0.1, 0.15) is 0 Å². The molecule has 0 nitrogen and oxygen atoms in total. The molecule has 0 heteroatoms. The van der Waals surface area contributed by atoms with Gasteiger partial charge in [-0.3, -0.25) is 0 Å². The van der Waals surface area contributed by atoms with E-state index in [9.17, 15) is 0 Å². The first-order valence-electron chi connectivity index (χ1n) is 11.4. The molecule has 0 aromatic heterocycles. The maximum Gasteiger partial charge on any atom is -0.0162 e. The predicted octanol–water partition coefficient (Wildman–Crippen LogP) is 8.08. The monoisotopic (exact) mass is 352 g/mol. The topological polar surface area (TPSA) is 0 Å². The first kappa shape index (κ1) is 19.7. The minimum Gasteiger partial charge on any atom is -0.100 e. The van der Waals surface area contributed by atoms with Crippen molar-refractivity contribution in [3.63, 3.8) is 0 Å². The van der Waals surface area contributed by atoms with Crippen molar-refractivity contribution >= 4 is 0 Å². The molecular formula is C26H40. The Hall–Kier alpha value is -1.04. The van der Waals surface area contributed by atoms with E-state index in [4.69, 9.17) is 0 Å². The minimum absolute atomic E-state index is 0.828. The average Bonchev–Trinajstić information content (AvgIpc) is 2.68. The van der Waals surface area contributed by atoms with E-state index in [1.807, 2.05) is 0 Å². The Labute approximate surface area is 162 Å². The van der Waals surface area contributed by atoms with Gasteiger partial charge in [0, 0.05) is 0 Å². The van der Waals surface area contributed by atoms with Crippen molar-refractivity contribution in [2.45, 2.75) is 96.8 Å². The summed E-state index contributed by atoms with van der Waals surface area (Å²) in [6.07, 6.45) is 16.9. The molecule has 144 valence electrons. The molecule has 2 saturated carbocycles. The van der Waals surface area contributed by atoms with Crippen molar-refractivity contribution in [3.8, 4) is 0 Å². The zero-order chi connectivity index (χ0) is 18.4. The van der Waals surface area contributed by atoms with E-state index < -0.39 is 0 Å². The summed E-state index contributed by atoms with van der Waals surface area (Å²) in [5.74, 6) is 3.87. The molecule has 0 spiro atoms. The van der Waals surface area contributed by atoms with Crippen molar-refractivity contribution in [1.29, 1.82) is 0 Å². The van der Waals surface area contributed by atoms with Crippen LogP contribution in [0.5, 0.6) is 0 Å². The SMILES string of the molecule is C=C(C)CCC1CCC(C2CCC(c3ccc(CCC)cc3)CC2)CC1. The summed E-state index contributed by atoms with van der Waals surface area (Å²) >= 11 is 0. The summed E-state index contributed by atoms with van der Waals surface area (Å²) in [5, 5.41) is 0. The first-order valence-corrected chi connectivity index (χ1v) is 11.4. The van der Waals surface area contributed by atoms with Crippen molar-refractivity contribution in [2.24, 2.45) is 17.8 Å². The second-order valence-corrected chi connectivity index (χ2v) is 9.38. The molecule has 0 saturated heterocycles. The molecule has 0 unspecified atom stereocenters. The molecule has 0 aliphatic heterocycles. The minimum atomic E-state index is 0.828. The average molecular weight is 353 g/mol. The highest BCUT2D eigenvalue weighted by Gasteiger charge is 2.31. The van der Waals surface area contributed by atoms with Crippen LogP contribution in [0.1, 0.15) is 102 Å². The third kappa shape index (κ3) is 5.48. The van der Waals surface area contributed by atoms with Crippen LogP contribution in [0.4, 0.5) is 0 Å². The molecule has 0 bridgehead atoms. The predicted molar refractivity (Wildman–Crippen MR) is 115 cm³/mol. The molecule has 2 aliphatic rings. The summed E-state index contributed by atoms with van der Waals surface area (Å²) in [6, 6.07) is 9.58. The molecule has 1 aromatic carbocycles. The van der Waals surface area contributed by atoms with Crippen LogP contribution in [-0.2, 0) is 6.42 Å². The van der Waals surface area contributed by atoms with Crippen LogP contribution >= 0.6 is 0 Å². The fourth-order valence-corrected chi connectivity index (χ4v) is 5.57. The summed E-state index contributed by atoms with van der Waals surface area (Å²) in [7, 11) is 0. The second-order valence-electron chi connectivity index (χ2n) is 9.38. The summed E-state index contributed by atoms with van der Waals surface area (Å²) in [4.78, 5) is 0. The molecule has 2 aliphatic carbocycles. The fraction of sp³-hybridized carbons (Fsp3) is 0.692. The van der Waals surface area contributed by atoms with Gasteiger partial charge in [-0.1, -0.05) is 56.0 Å². The number of allylic oxidation sites excluding steroid dienone is 1. The van der Waals surface area contributed by atoms with Crippen LogP contribution in [0.15, 0.2) is 36.4 Å². The van der Waals surface area contributed by atoms with Crippen LogP contribution in [0, 0.1) is 17.8 Å². The molecule has 26 heavy (non-hydrogen) atoms. The van der Waals surface area contributed by atoms with E-state index >= 15 is 0 Å². The Balaban J connectivity index is 1.42. The standard InChI is InChI=1S/C26H40/c1-4-5-21-8-12-23(13-9-21)25-16-18-26(19-17-25)24-14-10-22(11-15-24)7-6-20(2)3/h8-9,12-13,22,24-26H,2,4-7,10-11,14-19H2,1,3H3. The smallest absolute Gasteiger partial charge is 0.0162 e. The van der Waals surface area contributed by atoms with E-state index in [2.05, 4.69) is 44.7 Å². The van der Waals surface area contributed by atoms with Gasteiger partial charge < -0.3 is 0 Å². The maximum absolute atomic E-state index is 4.07. The number of hydrogen-bond acceptors (Lipinski definition) is 0. The Morgan fingerprint density at radius 1 is 0.885 bits per heavy atom. The van der Waals surface area contributed by atoms with Crippen LogP contribution in [0.2, 0.25) is 0 Å². The van der Waals surface area contributed by atoms with Crippen LogP contribution in [0.3, 0.4) is 0 Å². The lowest BCUT2D eigenvalue weighted by Gasteiger charge is -2.38.